The third kappa shape index (κ3) is 4.86. The zero-order chi connectivity index (χ0) is 21.1. The predicted octanol–water partition coefficient (Wildman–Crippen LogP) is 1.13. The second-order valence-corrected chi connectivity index (χ2v) is 9.38. The number of carbonyl (C=O) groups excluding carboxylic acids is 1. The Kier molecular flexibility index (Phi) is 6.73. The van der Waals surface area contributed by atoms with E-state index < -0.39 is 0 Å². The fourth-order valence-corrected chi connectivity index (χ4v) is 5.44. The van der Waals surface area contributed by atoms with Crippen molar-refractivity contribution in [1.82, 2.24) is 25.0 Å². The Morgan fingerprint density at radius 3 is 2.90 bits per heavy atom. The van der Waals surface area contributed by atoms with Gasteiger partial charge in [0.2, 0.25) is 5.91 Å². The van der Waals surface area contributed by atoms with Crippen molar-refractivity contribution in [2.45, 2.75) is 51.1 Å². The molecule has 2 fully saturated rings. The molecule has 4 rings (SSSR count). The lowest BCUT2D eigenvalue weighted by Gasteiger charge is -2.43. The number of pyridine rings is 1. The lowest BCUT2D eigenvalue weighted by atomic mass is 9.83. The fourth-order valence-electron chi connectivity index (χ4n) is 5.22. The van der Waals surface area contributed by atoms with Gasteiger partial charge in [0.15, 0.2) is 5.11 Å². The maximum Gasteiger partial charge on any atom is 0.250 e. The molecule has 0 saturated carbocycles. The van der Waals surface area contributed by atoms with Crippen molar-refractivity contribution >= 4 is 23.2 Å². The molecule has 8 heteroatoms. The molecule has 2 saturated heterocycles. The summed E-state index contributed by atoms with van der Waals surface area (Å²) in [5.41, 5.74) is 1.20. The molecular formula is C22H33N5O2S. The summed E-state index contributed by atoms with van der Waals surface area (Å²) in [4.78, 5) is 29.0. The van der Waals surface area contributed by atoms with Crippen LogP contribution in [-0.4, -0.2) is 70.7 Å². The quantitative estimate of drug-likeness (QED) is 0.682. The van der Waals surface area contributed by atoms with Crippen LogP contribution in [0.2, 0.25) is 0 Å². The topological polar surface area (TPSA) is 69.6 Å². The lowest BCUT2D eigenvalue weighted by molar-refractivity contribution is -0.120. The number of hydrogen-bond donors (Lipinski definition) is 2. The van der Waals surface area contributed by atoms with Gasteiger partial charge in [-0.25, -0.2) is 0 Å². The van der Waals surface area contributed by atoms with E-state index in [0.717, 1.165) is 44.8 Å². The summed E-state index contributed by atoms with van der Waals surface area (Å²) >= 11 is 5.58. The molecule has 1 amide bonds. The third-order valence-corrected chi connectivity index (χ3v) is 7.23. The number of likely N-dealkylation sites (tertiary alicyclic amines) is 2. The van der Waals surface area contributed by atoms with Crippen LogP contribution in [-0.2, 0) is 11.3 Å². The number of aromatic nitrogens is 1. The summed E-state index contributed by atoms with van der Waals surface area (Å²) in [5.74, 6) is 0.707. The summed E-state index contributed by atoms with van der Waals surface area (Å²) in [5, 5.41) is 6.78. The van der Waals surface area contributed by atoms with Gasteiger partial charge in [-0.05, 0) is 56.9 Å². The van der Waals surface area contributed by atoms with Crippen molar-refractivity contribution < 1.29 is 4.79 Å². The molecular weight excluding hydrogens is 398 g/mol. The Balaban J connectivity index is 1.22. The average Bonchev–Trinajstić information content (AvgIpc) is 2.74. The van der Waals surface area contributed by atoms with Gasteiger partial charge in [-0.15, -0.1) is 0 Å². The second-order valence-electron chi connectivity index (χ2n) is 8.99. The van der Waals surface area contributed by atoms with E-state index in [1.54, 1.807) is 6.07 Å². The highest BCUT2D eigenvalue weighted by Gasteiger charge is 2.35. The third-order valence-electron chi connectivity index (χ3n) is 6.83. The highest BCUT2D eigenvalue weighted by Crippen LogP contribution is 2.34. The lowest BCUT2D eigenvalue weighted by Crippen LogP contribution is -2.53. The van der Waals surface area contributed by atoms with E-state index in [0.29, 0.717) is 29.5 Å². The van der Waals surface area contributed by atoms with Crippen molar-refractivity contribution in [3.8, 4) is 0 Å². The van der Waals surface area contributed by atoms with Crippen molar-refractivity contribution in [2.24, 2.45) is 5.92 Å². The SMILES string of the molecule is C[C@@H]1CCCCN1CCNC(=O)CNC(=S)N1C[C@H]2C[C@@H](C1)c1cccc(=O)n1C2. The molecule has 2 N–H and O–H groups in total. The zero-order valence-corrected chi connectivity index (χ0v) is 18.6. The van der Waals surface area contributed by atoms with Gasteiger partial charge in [0.1, 0.15) is 0 Å². The minimum atomic E-state index is -0.0175. The summed E-state index contributed by atoms with van der Waals surface area (Å²) in [6.07, 6.45) is 4.91. The minimum Gasteiger partial charge on any atom is -0.354 e. The molecule has 164 valence electrons. The van der Waals surface area contributed by atoms with E-state index in [-0.39, 0.29) is 18.0 Å². The Labute approximate surface area is 183 Å². The molecule has 4 heterocycles. The highest BCUT2D eigenvalue weighted by molar-refractivity contribution is 7.80. The number of piperidine rings is 2. The number of nitrogens with one attached hydrogen (secondary N) is 2. The molecule has 7 nitrogen and oxygen atoms in total. The first-order chi connectivity index (χ1) is 14.5. The molecule has 3 atom stereocenters. The Bertz CT molecular complexity index is 841. The molecule has 1 aromatic heterocycles. The first-order valence-electron chi connectivity index (χ1n) is 11.2. The summed E-state index contributed by atoms with van der Waals surface area (Å²) in [6, 6.07) is 6.15. The van der Waals surface area contributed by atoms with Crippen LogP contribution < -0.4 is 16.2 Å². The van der Waals surface area contributed by atoms with Gasteiger partial charge >= 0.3 is 0 Å². The second kappa shape index (κ2) is 9.47. The molecule has 0 radical (unpaired) electrons. The molecule has 1 aromatic rings. The van der Waals surface area contributed by atoms with Gasteiger partial charge in [0.25, 0.3) is 5.56 Å². The first kappa shape index (κ1) is 21.3. The smallest absolute Gasteiger partial charge is 0.250 e. The molecule has 0 spiro atoms. The maximum absolute atomic E-state index is 12.2. The van der Waals surface area contributed by atoms with Crippen LogP contribution in [0.5, 0.6) is 0 Å². The van der Waals surface area contributed by atoms with E-state index in [1.165, 1.54) is 19.3 Å². The van der Waals surface area contributed by atoms with E-state index in [4.69, 9.17) is 12.2 Å². The van der Waals surface area contributed by atoms with E-state index in [1.807, 2.05) is 10.6 Å². The fraction of sp³-hybridized carbons (Fsp3) is 0.682. The van der Waals surface area contributed by atoms with Crippen molar-refractivity contribution in [3.05, 3.63) is 34.2 Å². The predicted molar refractivity (Wildman–Crippen MR) is 122 cm³/mol. The average molecular weight is 432 g/mol. The number of fused-ring (bicyclic) bond motifs is 4. The number of amides is 1. The van der Waals surface area contributed by atoms with E-state index in [9.17, 15) is 9.59 Å². The molecule has 30 heavy (non-hydrogen) atoms. The molecule has 3 aliphatic heterocycles. The van der Waals surface area contributed by atoms with Crippen molar-refractivity contribution in [1.29, 1.82) is 0 Å². The zero-order valence-electron chi connectivity index (χ0n) is 17.8. The van der Waals surface area contributed by atoms with Gasteiger partial charge in [-0.2, -0.15) is 0 Å². The van der Waals surface area contributed by atoms with Crippen LogP contribution in [0.4, 0.5) is 0 Å². The van der Waals surface area contributed by atoms with Crippen molar-refractivity contribution in [2.75, 3.05) is 39.3 Å². The molecule has 2 bridgehead atoms. The minimum absolute atomic E-state index is 0.0175. The summed E-state index contributed by atoms with van der Waals surface area (Å²) < 4.78 is 1.92. The molecule has 3 aliphatic rings. The van der Waals surface area contributed by atoms with Crippen LogP contribution >= 0.6 is 12.2 Å². The number of rotatable bonds is 5. The van der Waals surface area contributed by atoms with Crippen LogP contribution in [0.15, 0.2) is 23.0 Å². The number of carbonyl (C=O) groups is 1. The Morgan fingerprint density at radius 1 is 1.20 bits per heavy atom. The van der Waals surface area contributed by atoms with Gasteiger partial charge in [0.05, 0.1) is 6.54 Å². The first-order valence-corrected chi connectivity index (χ1v) is 11.7. The highest BCUT2D eigenvalue weighted by atomic mass is 32.1. The summed E-state index contributed by atoms with van der Waals surface area (Å²) in [7, 11) is 0. The van der Waals surface area contributed by atoms with Gasteiger partial charge in [-0.1, -0.05) is 12.5 Å². The Morgan fingerprint density at radius 2 is 2.07 bits per heavy atom. The standard InChI is InChI=1S/C22H33N5O2S/c1-16-5-2-3-9-25(16)10-8-23-20(28)12-24-22(30)26-13-17-11-18(15-26)19-6-4-7-21(29)27(19)14-17/h4,6-7,16-18H,2-3,5,8-15H2,1H3,(H,23,28)(H,24,30)/t16-,17-,18+/m1/s1. The van der Waals surface area contributed by atoms with Gasteiger partial charge in [-0.3, -0.25) is 14.5 Å². The normalized spacial score (nSPS) is 26.0. The van der Waals surface area contributed by atoms with Crippen LogP contribution in [0.1, 0.15) is 44.2 Å². The molecule has 0 aliphatic carbocycles. The molecule has 0 aromatic carbocycles. The number of hydrogen-bond acceptors (Lipinski definition) is 4. The van der Waals surface area contributed by atoms with E-state index >= 15 is 0 Å². The van der Waals surface area contributed by atoms with Gasteiger partial charge in [0, 0.05) is 56.4 Å². The Hall–Kier alpha value is -1.93. The monoisotopic (exact) mass is 431 g/mol. The largest absolute Gasteiger partial charge is 0.354 e. The van der Waals surface area contributed by atoms with Crippen LogP contribution in [0, 0.1) is 5.92 Å². The van der Waals surface area contributed by atoms with Crippen molar-refractivity contribution in [3.63, 3.8) is 0 Å². The number of thiocarbonyl (C=S) groups is 1. The van der Waals surface area contributed by atoms with Crippen LogP contribution in [0.25, 0.3) is 0 Å². The number of nitrogens with zero attached hydrogens (tertiary/aromatic N) is 3. The van der Waals surface area contributed by atoms with E-state index in [2.05, 4.69) is 33.4 Å². The van der Waals surface area contributed by atoms with Gasteiger partial charge < -0.3 is 20.1 Å². The molecule has 0 unspecified atom stereocenters. The van der Waals surface area contributed by atoms with Crippen LogP contribution in [0.3, 0.4) is 0 Å². The summed E-state index contributed by atoms with van der Waals surface area (Å²) in [6.45, 7) is 7.56. The maximum atomic E-state index is 12.2.